The second-order valence-corrected chi connectivity index (χ2v) is 5.25. The number of hydrogen-bond acceptors (Lipinski definition) is 1. The molecule has 0 radical (unpaired) electrons. The molecule has 2 aromatic carbocycles. The van der Waals surface area contributed by atoms with Crippen LogP contribution < -0.4 is 4.74 Å². The van der Waals surface area contributed by atoms with Gasteiger partial charge in [0, 0.05) is 4.47 Å². The van der Waals surface area contributed by atoms with E-state index in [1.807, 2.05) is 38.1 Å². The highest BCUT2D eigenvalue weighted by molar-refractivity contribution is 9.10. The van der Waals surface area contributed by atoms with Crippen molar-refractivity contribution in [3.8, 4) is 5.75 Å². The average Bonchev–Trinajstić information content (AvgIpc) is 2.29. The van der Waals surface area contributed by atoms with E-state index in [0.29, 0.717) is 6.61 Å². The van der Waals surface area contributed by atoms with Crippen molar-refractivity contribution < 1.29 is 9.13 Å². The van der Waals surface area contributed by atoms with Crippen LogP contribution in [-0.2, 0) is 6.61 Å². The minimum atomic E-state index is -0.260. The van der Waals surface area contributed by atoms with Crippen LogP contribution in [0, 0.1) is 19.7 Å². The maximum Gasteiger partial charge on any atom is 0.124 e. The fraction of sp³-hybridized carbons (Fsp3) is 0.200. The van der Waals surface area contributed by atoms with Gasteiger partial charge >= 0.3 is 0 Å². The van der Waals surface area contributed by atoms with Crippen LogP contribution in [0.1, 0.15) is 16.7 Å². The highest BCUT2D eigenvalue weighted by Crippen LogP contribution is 2.21. The molecule has 0 saturated carbocycles. The van der Waals surface area contributed by atoms with E-state index in [0.717, 1.165) is 26.9 Å². The summed E-state index contributed by atoms with van der Waals surface area (Å²) >= 11 is 3.27. The third-order valence-corrected chi connectivity index (χ3v) is 3.12. The topological polar surface area (TPSA) is 9.23 Å². The first-order chi connectivity index (χ1) is 8.54. The van der Waals surface area contributed by atoms with Crippen molar-refractivity contribution >= 4 is 15.9 Å². The van der Waals surface area contributed by atoms with Gasteiger partial charge in [-0.3, -0.25) is 0 Å². The van der Waals surface area contributed by atoms with Crippen LogP contribution in [0.4, 0.5) is 4.39 Å². The Morgan fingerprint density at radius 1 is 1.11 bits per heavy atom. The molecule has 18 heavy (non-hydrogen) atoms. The first-order valence-corrected chi connectivity index (χ1v) is 6.49. The summed E-state index contributed by atoms with van der Waals surface area (Å²) in [5.41, 5.74) is 3.04. The van der Waals surface area contributed by atoms with E-state index < -0.39 is 0 Å². The quantitative estimate of drug-likeness (QED) is 0.792. The fourth-order valence-electron chi connectivity index (χ4n) is 1.72. The second-order valence-electron chi connectivity index (χ2n) is 4.34. The molecule has 0 aliphatic rings. The maximum absolute atomic E-state index is 13.2. The van der Waals surface area contributed by atoms with E-state index in [4.69, 9.17) is 4.74 Å². The molecular formula is C15H14BrFO. The molecule has 2 aromatic rings. The standard InChI is InChI=1S/C15H14BrFO/c1-10-3-4-11(2)15(5-10)18-9-12-6-13(16)8-14(17)7-12/h3-8H,9H2,1-2H3. The van der Waals surface area contributed by atoms with Crippen LogP contribution in [-0.4, -0.2) is 0 Å². The van der Waals surface area contributed by atoms with Crippen molar-refractivity contribution in [2.24, 2.45) is 0 Å². The number of rotatable bonds is 3. The third-order valence-electron chi connectivity index (χ3n) is 2.66. The molecule has 0 heterocycles. The molecule has 0 amide bonds. The van der Waals surface area contributed by atoms with E-state index in [1.165, 1.54) is 12.1 Å². The smallest absolute Gasteiger partial charge is 0.124 e. The van der Waals surface area contributed by atoms with Crippen LogP contribution in [0.5, 0.6) is 5.75 Å². The number of ether oxygens (including phenoxy) is 1. The summed E-state index contributed by atoms with van der Waals surface area (Å²) < 4.78 is 19.7. The Bertz CT molecular complexity index is 546. The molecule has 0 aromatic heterocycles. The summed E-state index contributed by atoms with van der Waals surface area (Å²) in [7, 11) is 0. The lowest BCUT2D eigenvalue weighted by molar-refractivity contribution is 0.303. The Hall–Kier alpha value is -1.35. The molecule has 94 valence electrons. The summed E-state index contributed by atoms with van der Waals surface area (Å²) in [6.07, 6.45) is 0. The number of halogens is 2. The van der Waals surface area contributed by atoms with Crippen LogP contribution in [0.2, 0.25) is 0 Å². The zero-order chi connectivity index (χ0) is 13.1. The number of benzene rings is 2. The van der Waals surface area contributed by atoms with Gasteiger partial charge in [0.2, 0.25) is 0 Å². The molecule has 0 unspecified atom stereocenters. The summed E-state index contributed by atoms with van der Waals surface area (Å²) in [4.78, 5) is 0. The highest BCUT2D eigenvalue weighted by atomic mass is 79.9. The Balaban J connectivity index is 2.13. The van der Waals surface area contributed by atoms with Gasteiger partial charge in [-0.05, 0) is 54.8 Å². The Morgan fingerprint density at radius 2 is 1.89 bits per heavy atom. The van der Waals surface area contributed by atoms with Crippen molar-refractivity contribution in [1.29, 1.82) is 0 Å². The summed E-state index contributed by atoms with van der Waals surface area (Å²) in [5, 5.41) is 0. The van der Waals surface area contributed by atoms with Crippen molar-refractivity contribution in [2.45, 2.75) is 20.5 Å². The Morgan fingerprint density at radius 3 is 2.61 bits per heavy atom. The molecule has 0 N–H and O–H groups in total. The first kappa shape index (κ1) is 13.1. The molecule has 0 fully saturated rings. The van der Waals surface area contributed by atoms with E-state index in [-0.39, 0.29) is 5.82 Å². The van der Waals surface area contributed by atoms with Crippen molar-refractivity contribution in [3.63, 3.8) is 0 Å². The molecule has 1 nitrogen and oxygen atoms in total. The highest BCUT2D eigenvalue weighted by Gasteiger charge is 2.03. The lowest BCUT2D eigenvalue weighted by Gasteiger charge is -2.10. The van der Waals surface area contributed by atoms with Crippen LogP contribution in [0.15, 0.2) is 40.9 Å². The van der Waals surface area contributed by atoms with Gasteiger partial charge in [-0.15, -0.1) is 0 Å². The van der Waals surface area contributed by atoms with Gasteiger partial charge in [0.25, 0.3) is 0 Å². The number of aryl methyl sites for hydroxylation is 2. The summed E-state index contributed by atoms with van der Waals surface area (Å²) in [6, 6.07) is 10.8. The normalized spacial score (nSPS) is 10.4. The minimum Gasteiger partial charge on any atom is -0.489 e. The fourth-order valence-corrected chi connectivity index (χ4v) is 2.23. The summed E-state index contributed by atoms with van der Waals surface area (Å²) in [5.74, 6) is 0.583. The second kappa shape index (κ2) is 5.53. The maximum atomic E-state index is 13.2. The van der Waals surface area contributed by atoms with Gasteiger partial charge in [0.05, 0.1) is 0 Å². The SMILES string of the molecule is Cc1ccc(C)c(OCc2cc(F)cc(Br)c2)c1. The van der Waals surface area contributed by atoms with Gasteiger partial charge in [0.15, 0.2) is 0 Å². The third kappa shape index (κ3) is 3.33. The predicted molar refractivity (Wildman–Crippen MR) is 74.3 cm³/mol. The van der Waals surface area contributed by atoms with Gasteiger partial charge < -0.3 is 4.74 Å². The minimum absolute atomic E-state index is 0.260. The molecular weight excluding hydrogens is 295 g/mol. The lowest BCUT2D eigenvalue weighted by atomic mass is 10.1. The zero-order valence-corrected chi connectivity index (χ0v) is 11.9. The molecule has 0 saturated heterocycles. The molecule has 3 heteroatoms. The van der Waals surface area contributed by atoms with Gasteiger partial charge in [-0.1, -0.05) is 28.1 Å². The van der Waals surface area contributed by atoms with E-state index >= 15 is 0 Å². The average molecular weight is 309 g/mol. The van der Waals surface area contributed by atoms with E-state index in [2.05, 4.69) is 15.9 Å². The van der Waals surface area contributed by atoms with E-state index in [1.54, 1.807) is 0 Å². The van der Waals surface area contributed by atoms with Crippen LogP contribution >= 0.6 is 15.9 Å². The van der Waals surface area contributed by atoms with Crippen LogP contribution in [0.3, 0.4) is 0 Å². The molecule has 0 bridgehead atoms. The molecule has 2 rings (SSSR count). The summed E-state index contributed by atoms with van der Waals surface area (Å²) in [6.45, 7) is 4.38. The van der Waals surface area contributed by atoms with Crippen molar-refractivity contribution in [1.82, 2.24) is 0 Å². The zero-order valence-electron chi connectivity index (χ0n) is 10.3. The molecule has 0 spiro atoms. The van der Waals surface area contributed by atoms with Gasteiger partial charge in [0.1, 0.15) is 18.2 Å². The van der Waals surface area contributed by atoms with Crippen molar-refractivity contribution in [2.75, 3.05) is 0 Å². The molecule has 0 aliphatic carbocycles. The largest absolute Gasteiger partial charge is 0.489 e. The lowest BCUT2D eigenvalue weighted by Crippen LogP contribution is -1.98. The van der Waals surface area contributed by atoms with Gasteiger partial charge in [-0.2, -0.15) is 0 Å². The van der Waals surface area contributed by atoms with Crippen LogP contribution in [0.25, 0.3) is 0 Å². The molecule has 0 aliphatic heterocycles. The number of hydrogen-bond donors (Lipinski definition) is 0. The Kier molecular flexibility index (Phi) is 4.02. The predicted octanol–water partition coefficient (Wildman–Crippen LogP) is 4.78. The monoisotopic (exact) mass is 308 g/mol. The van der Waals surface area contributed by atoms with Crippen molar-refractivity contribution in [3.05, 3.63) is 63.4 Å². The van der Waals surface area contributed by atoms with E-state index in [9.17, 15) is 4.39 Å². The Labute approximate surface area is 115 Å². The van der Waals surface area contributed by atoms with Gasteiger partial charge in [-0.25, -0.2) is 4.39 Å². The first-order valence-electron chi connectivity index (χ1n) is 5.69. The molecule has 0 atom stereocenters.